The van der Waals surface area contributed by atoms with Gasteiger partial charge in [0.15, 0.2) is 5.96 Å². The summed E-state index contributed by atoms with van der Waals surface area (Å²) in [5.74, 6) is 2.76. The lowest BCUT2D eigenvalue weighted by atomic mass is 10.1. The zero-order chi connectivity index (χ0) is 14.2. The first kappa shape index (κ1) is 18.1. The molecule has 0 unspecified atom stereocenters. The van der Waals surface area contributed by atoms with E-state index in [2.05, 4.69) is 27.8 Å². The van der Waals surface area contributed by atoms with Gasteiger partial charge < -0.3 is 15.4 Å². The van der Waals surface area contributed by atoms with Crippen molar-refractivity contribution in [2.24, 2.45) is 10.9 Å². The first-order valence-electron chi connectivity index (χ1n) is 7.39. The fourth-order valence-electron chi connectivity index (χ4n) is 2.14. The van der Waals surface area contributed by atoms with Crippen LogP contribution in [0.3, 0.4) is 0 Å². The summed E-state index contributed by atoms with van der Waals surface area (Å²) >= 11 is 0. The van der Waals surface area contributed by atoms with Crippen LogP contribution in [0.2, 0.25) is 0 Å². The van der Waals surface area contributed by atoms with Gasteiger partial charge in [-0.15, -0.1) is 24.0 Å². The summed E-state index contributed by atoms with van der Waals surface area (Å²) in [4.78, 5) is 4.24. The van der Waals surface area contributed by atoms with Gasteiger partial charge in [-0.2, -0.15) is 0 Å². The predicted octanol–water partition coefficient (Wildman–Crippen LogP) is 2.82. The van der Waals surface area contributed by atoms with Crippen molar-refractivity contribution in [1.29, 1.82) is 0 Å². The zero-order valence-electron chi connectivity index (χ0n) is 12.9. The first-order chi connectivity index (χ1) is 9.81. The van der Waals surface area contributed by atoms with E-state index in [-0.39, 0.29) is 24.0 Å². The number of benzene rings is 1. The number of halogens is 1. The molecule has 0 aromatic heterocycles. The Hall–Kier alpha value is -0.980. The highest BCUT2D eigenvalue weighted by Crippen LogP contribution is 2.31. The van der Waals surface area contributed by atoms with Gasteiger partial charge in [-0.05, 0) is 36.5 Å². The second-order valence-corrected chi connectivity index (χ2v) is 5.26. The Labute approximate surface area is 144 Å². The molecule has 0 saturated heterocycles. The number of rotatable bonds is 7. The normalized spacial score (nSPS) is 14.3. The zero-order valence-corrected chi connectivity index (χ0v) is 15.2. The van der Waals surface area contributed by atoms with E-state index in [1.807, 2.05) is 19.2 Å². The highest BCUT2D eigenvalue weighted by molar-refractivity contribution is 14.0. The Balaban J connectivity index is 0.00000220. The molecule has 1 aromatic rings. The maximum absolute atomic E-state index is 5.15. The molecular weight excluding hydrogens is 377 g/mol. The second-order valence-electron chi connectivity index (χ2n) is 5.26. The number of nitrogens with zero attached hydrogens (tertiary/aromatic N) is 1. The molecule has 0 amide bonds. The number of nitrogens with one attached hydrogen (secondary N) is 2. The maximum atomic E-state index is 5.15. The van der Waals surface area contributed by atoms with Crippen LogP contribution in [0.1, 0.15) is 24.8 Å². The average Bonchev–Trinajstić information content (AvgIpc) is 3.30. The molecular formula is C16H26IN3O. The molecule has 5 heteroatoms. The van der Waals surface area contributed by atoms with E-state index in [0.717, 1.165) is 37.1 Å². The quantitative estimate of drug-likeness (QED) is 0.418. The van der Waals surface area contributed by atoms with Crippen LogP contribution in [0.4, 0.5) is 0 Å². The summed E-state index contributed by atoms with van der Waals surface area (Å²) < 4.78 is 5.15. The van der Waals surface area contributed by atoms with Crippen LogP contribution >= 0.6 is 24.0 Å². The van der Waals surface area contributed by atoms with Crippen LogP contribution in [0.5, 0.6) is 5.75 Å². The number of hydrogen-bond acceptors (Lipinski definition) is 2. The average molecular weight is 403 g/mol. The van der Waals surface area contributed by atoms with E-state index in [1.54, 1.807) is 7.11 Å². The third kappa shape index (κ3) is 7.02. The summed E-state index contributed by atoms with van der Waals surface area (Å²) in [7, 11) is 3.51. The molecule has 0 atom stereocenters. The standard InChI is InChI=1S/C16H25N3O.HI/c1-17-16(18-11-9-13-3-4-13)19-12-10-14-5-7-15(20-2)8-6-14;/h5-8,13H,3-4,9-12H2,1-2H3,(H2,17,18,19);1H. The van der Waals surface area contributed by atoms with Crippen molar-refractivity contribution >= 4 is 29.9 Å². The van der Waals surface area contributed by atoms with Gasteiger partial charge in [0, 0.05) is 20.1 Å². The third-order valence-electron chi connectivity index (χ3n) is 3.63. The summed E-state index contributed by atoms with van der Waals surface area (Å²) in [6.07, 6.45) is 5.06. The minimum absolute atomic E-state index is 0. The molecule has 0 aliphatic heterocycles. The van der Waals surface area contributed by atoms with Crippen molar-refractivity contribution in [3.8, 4) is 5.75 Å². The van der Waals surface area contributed by atoms with Crippen LogP contribution in [0.15, 0.2) is 29.3 Å². The number of methoxy groups -OCH3 is 1. The van der Waals surface area contributed by atoms with Crippen LogP contribution in [-0.4, -0.2) is 33.2 Å². The van der Waals surface area contributed by atoms with Gasteiger partial charge in [0.2, 0.25) is 0 Å². The number of aliphatic imine (C=N–C) groups is 1. The van der Waals surface area contributed by atoms with E-state index in [1.165, 1.54) is 24.8 Å². The molecule has 0 spiro atoms. The molecule has 21 heavy (non-hydrogen) atoms. The van der Waals surface area contributed by atoms with Crippen LogP contribution in [-0.2, 0) is 6.42 Å². The van der Waals surface area contributed by atoms with Gasteiger partial charge >= 0.3 is 0 Å². The molecule has 2 N–H and O–H groups in total. The summed E-state index contributed by atoms with van der Waals surface area (Å²) in [5.41, 5.74) is 1.30. The molecule has 0 bridgehead atoms. The molecule has 1 saturated carbocycles. The SMILES string of the molecule is CN=C(NCCc1ccc(OC)cc1)NCCC1CC1.I. The molecule has 2 rings (SSSR count). The highest BCUT2D eigenvalue weighted by Gasteiger charge is 2.20. The largest absolute Gasteiger partial charge is 0.497 e. The van der Waals surface area contributed by atoms with E-state index in [0.29, 0.717) is 0 Å². The van der Waals surface area contributed by atoms with Crippen molar-refractivity contribution < 1.29 is 4.74 Å². The number of hydrogen-bond donors (Lipinski definition) is 2. The smallest absolute Gasteiger partial charge is 0.190 e. The Morgan fingerprint density at radius 3 is 2.43 bits per heavy atom. The minimum atomic E-state index is 0. The summed E-state index contributed by atoms with van der Waals surface area (Å²) in [6, 6.07) is 8.20. The van der Waals surface area contributed by atoms with Crippen LogP contribution in [0, 0.1) is 5.92 Å². The van der Waals surface area contributed by atoms with Gasteiger partial charge in [0.1, 0.15) is 5.75 Å². The lowest BCUT2D eigenvalue weighted by Gasteiger charge is -2.11. The van der Waals surface area contributed by atoms with Crippen LogP contribution in [0.25, 0.3) is 0 Å². The first-order valence-corrected chi connectivity index (χ1v) is 7.39. The molecule has 1 aliphatic carbocycles. The van der Waals surface area contributed by atoms with Gasteiger partial charge in [0.25, 0.3) is 0 Å². The topological polar surface area (TPSA) is 45.7 Å². The molecule has 4 nitrogen and oxygen atoms in total. The lowest BCUT2D eigenvalue weighted by molar-refractivity contribution is 0.414. The van der Waals surface area contributed by atoms with Crippen molar-refractivity contribution in [2.45, 2.75) is 25.7 Å². The van der Waals surface area contributed by atoms with Gasteiger partial charge in [-0.3, -0.25) is 4.99 Å². The Morgan fingerprint density at radius 2 is 1.86 bits per heavy atom. The molecule has 0 heterocycles. The van der Waals surface area contributed by atoms with Gasteiger partial charge in [-0.1, -0.05) is 25.0 Å². The number of ether oxygens (including phenoxy) is 1. The lowest BCUT2D eigenvalue weighted by Crippen LogP contribution is -2.38. The summed E-state index contributed by atoms with van der Waals surface area (Å²) in [5, 5.41) is 6.71. The van der Waals surface area contributed by atoms with E-state index in [4.69, 9.17) is 4.74 Å². The second kappa shape index (κ2) is 9.87. The van der Waals surface area contributed by atoms with Crippen molar-refractivity contribution in [2.75, 3.05) is 27.2 Å². The fraction of sp³-hybridized carbons (Fsp3) is 0.562. The Kier molecular flexibility index (Phi) is 8.49. The third-order valence-corrected chi connectivity index (χ3v) is 3.63. The molecule has 1 fully saturated rings. The molecule has 1 aliphatic rings. The molecule has 1 aromatic carbocycles. The maximum Gasteiger partial charge on any atom is 0.190 e. The highest BCUT2D eigenvalue weighted by atomic mass is 127. The van der Waals surface area contributed by atoms with E-state index in [9.17, 15) is 0 Å². The Morgan fingerprint density at radius 1 is 1.19 bits per heavy atom. The molecule has 0 radical (unpaired) electrons. The number of guanidine groups is 1. The summed E-state index contributed by atoms with van der Waals surface area (Å²) in [6.45, 7) is 1.91. The van der Waals surface area contributed by atoms with Gasteiger partial charge in [-0.25, -0.2) is 0 Å². The van der Waals surface area contributed by atoms with E-state index >= 15 is 0 Å². The van der Waals surface area contributed by atoms with Gasteiger partial charge in [0.05, 0.1) is 7.11 Å². The van der Waals surface area contributed by atoms with Crippen molar-refractivity contribution in [1.82, 2.24) is 10.6 Å². The van der Waals surface area contributed by atoms with E-state index < -0.39 is 0 Å². The minimum Gasteiger partial charge on any atom is -0.497 e. The van der Waals surface area contributed by atoms with Crippen molar-refractivity contribution in [3.05, 3.63) is 29.8 Å². The van der Waals surface area contributed by atoms with Crippen molar-refractivity contribution in [3.63, 3.8) is 0 Å². The fourth-order valence-corrected chi connectivity index (χ4v) is 2.14. The predicted molar refractivity (Wildman–Crippen MR) is 98.8 cm³/mol. The van der Waals surface area contributed by atoms with Crippen LogP contribution < -0.4 is 15.4 Å². The Bertz CT molecular complexity index is 430. The monoisotopic (exact) mass is 403 g/mol. The molecule has 118 valence electrons.